The van der Waals surface area contributed by atoms with E-state index >= 15 is 0 Å². The lowest BCUT2D eigenvalue weighted by atomic mass is 9.92. The van der Waals surface area contributed by atoms with E-state index in [-0.39, 0.29) is 81.7 Å². The second-order valence-corrected chi connectivity index (χ2v) is 27.6. The molecule has 0 aliphatic heterocycles. The molecule has 12 rings (SSSR count). The van der Waals surface area contributed by atoms with Crippen LogP contribution in [0.1, 0.15) is 44.5 Å². The predicted molar refractivity (Wildman–Crippen MR) is 449 cm³/mol. The van der Waals surface area contributed by atoms with Crippen LogP contribution in [-0.2, 0) is 6.18 Å². The Hall–Kier alpha value is -20.1. The maximum Gasteiger partial charge on any atom is 0.417 e. The summed E-state index contributed by atoms with van der Waals surface area (Å²) in [6.07, 6.45) is -4.94. The monoisotopic (exact) mass is 1880 g/mol. The summed E-state index contributed by atoms with van der Waals surface area (Å²) >= 11 is 0. The number of alkyl halides is 3. The van der Waals surface area contributed by atoms with Crippen LogP contribution in [0.3, 0.4) is 0 Å². The van der Waals surface area contributed by atoms with Crippen molar-refractivity contribution >= 4 is 67.8 Å². The van der Waals surface area contributed by atoms with E-state index in [0.29, 0.717) is 11.6 Å². The first kappa shape index (κ1) is 102. The molecule has 0 aliphatic carbocycles. The van der Waals surface area contributed by atoms with Gasteiger partial charge in [0.2, 0.25) is 0 Å². The van der Waals surface area contributed by atoms with Crippen molar-refractivity contribution in [2.45, 2.75) is 26.9 Å². The van der Waals surface area contributed by atoms with Crippen molar-refractivity contribution in [3.05, 3.63) is 440 Å². The largest absolute Gasteiger partial charge is 0.417 e. The number of nitrogens with zero attached hydrogens (tertiary/aromatic N) is 16. The van der Waals surface area contributed by atoms with Gasteiger partial charge in [-0.05, 0) is 116 Å². The fraction of sp³-hybridized carbons (Fsp3) is 0.0400. The highest BCUT2D eigenvalue weighted by Crippen LogP contribution is 2.41. The van der Waals surface area contributed by atoms with Gasteiger partial charge in [-0.15, -0.1) is 0 Å². The Bertz CT molecular complexity index is 8510. The van der Waals surface area contributed by atoms with Crippen LogP contribution in [0.2, 0.25) is 0 Å². The summed E-state index contributed by atoms with van der Waals surface area (Å²) in [4.78, 5) is 21.9. The smallest absolute Gasteiger partial charge is 0.232 e. The summed E-state index contributed by atoms with van der Waals surface area (Å²) in [5.41, 5.74) is -18.2. The highest BCUT2D eigenvalue weighted by Gasteiger charge is 2.37. The first-order chi connectivity index (χ1) is 65.6. The molecule has 16 nitrogen and oxygen atoms in total. The zero-order valence-electron chi connectivity index (χ0n) is 68.9. The minimum atomic E-state index is -4.94. The molecule has 38 heteroatoms. The first-order valence-corrected chi connectivity index (χ1v) is 37.3. The van der Waals surface area contributed by atoms with Gasteiger partial charge < -0.3 is 0 Å². The zero-order chi connectivity index (χ0) is 102. The van der Waals surface area contributed by atoms with Gasteiger partial charge in [-0.1, -0.05) is 133 Å². The fourth-order valence-electron chi connectivity index (χ4n) is 13.3. The van der Waals surface area contributed by atoms with Crippen molar-refractivity contribution in [1.82, 2.24) is 0 Å². The number of halogens is 22. The molecule has 0 spiro atoms. The van der Waals surface area contributed by atoms with Crippen molar-refractivity contribution in [2.24, 2.45) is 0 Å². The van der Waals surface area contributed by atoms with Crippen LogP contribution in [0.25, 0.3) is 128 Å². The second-order valence-electron chi connectivity index (χ2n) is 27.6. The number of benzene rings is 12. The highest BCUT2D eigenvalue weighted by atomic mass is 19.4. The third-order valence-electron chi connectivity index (χ3n) is 19.9. The topological polar surface area (TPSA) is 225 Å². The van der Waals surface area contributed by atoms with Gasteiger partial charge in [0.05, 0.1) is 127 Å². The first-order valence-electron chi connectivity index (χ1n) is 37.3. The van der Waals surface area contributed by atoms with E-state index in [9.17, 15) is 128 Å². The van der Waals surface area contributed by atoms with Gasteiger partial charge in [0.15, 0.2) is 93.1 Å². The van der Waals surface area contributed by atoms with Gasteiger partial charge in [-0.3, -0.25) is 0 Å². The van der Waals surface area contributed by atoms with Crippen LogP contribution in [0, 0.1) is 275 Å². The lowest BCUT2D eigenvalue weighted by Gasteiger charge is -2.15. The SMILES string of the molecule is [C-]#[N+]/C(C#N)=c1\cc/c(=C(/C#N)c2c(F)c(F)c([N+]#[C-])c(F)c2F)c(-c2cc(F)c(C)c(F)c2)c1.[C-]#[N+]/C(C#N)=c1\cc/c(=C(/C#N)c2c(F)c(F)c([N+]#[C-])c(F)c2F)c(-c2ccc(C)c(F)c2)c1.[C-]#[N+]/C(C#N)=c1\cc/c(=C(/C#N)c2c(F)c(F)c([N+]#[C-])c(F)c2F)c(-c2cccc(C)c2)c1.[C-]#[N+]/C(C#N)=c1\cc/c(=C(/C#N)c2c(F)c(F)c([N+]#[C-])c(F)c2F)c(-c2ccccc2C(F)(F)F)c1. The summed E-state index contributed by atoms with van der Waals surface area (Å²) in [7, 11) is 0. The fourth-order valence-corrected chi connectivity index (χ4v) is 13.3. The number of rotatable bonds is 8. The minimum absolute atomic E-state index is 0.0294. The second kappa shape index (κ2) is 42.6. The van der Waals surface area contributed by atoms with E-state index in [4.69, 9.17) is 63.1 Å². The number of hydrogen-bond donors (Lipinski definition) is 0. The number of aryl methyl sites for hydroxylation is 2. The number of hydrogen-bond acceptors (Lipinski definition) is 8. The summed E-state index contributed by atoms with van der Waals surface area (Å²) in [6, 6.07) is 42.3. The maximum atomic E-state index is 14.8. The van der Waals surface area contributed by atoms with Crippen LogP contribution >= 0.6 is 0 Å². The standard InChI is InChI=1S/C25H7F7N4.C25H8F6N4.C25H9F5N4.C25H10F4N4/c1-35-18(11-34)12-7-8-13(15(9-12)14-5-3-4-6-17(14)25(30,31)32)16(10-33)19-20(26)22(28)24(36-2)23(29)21(19)27;1-11-17(26)7-13(8-18(11)27)15-6-12(19(10-33)34-2)4-5-14(15)16(9-32)20-21(28)23(30)25(35-3)24(31)22(20)29;1-12-4-5-13(9-18(12)26)16-8-14(19(11-32)33-2)6-7-15(16)17(10-31)20-21(27)23(29)25(34-3)24(30)22(20)28;1-13-5-4-6-14(9-13)17-10-15(19(12-31)32-2)7-8-16(17)18(11-30)20-21(26)23(28)25(33-3)24(29)22(20)27/h3-9H;4-8H,1H3;4-9H,1H3;4-10H,1H3/b16-13+,18-12+;16-14+,19-12+;17-15+,19-14+;18-16+,19-15+. The molecule has 0 amide bonds. The molecule has 0 aliphatic rings. The van der Waals surface area contributed by atoms with Crippen molar-refractivity contribution in [3.8, 4) is 93.1 Å². The molecule has 0 unspecified atom stereocenters. The molecule has 12 aromatic carbocycles. The van der Waals surface area contributed by atoms with Crippen molar-refractivity contribution in [2.75, 3.05) is 0 Å². The van der Waals surface area contributed by atoms with Gasteiger partial charge >= 0.3 is 6.18 Å². The Morgan fingerprint density at radius 3 is 0.790 bits per heavy atom. The average Bonchev–Trinajstić information content (AvgIpc) is 0.767. The van der Waals surface area contributed by atoms with Gasteiger partial charge in [0, 0.05) is 26.4 Å². The molecule has 0 N–H and O–H groups in total. The summed E-state index contributed by atoms with van der Waals surface area (Å²) in [5, 5.41) is 74.3. The maximum absolute atomic E-state index is 14.8. The van der Waals surface area contributed by atoms with Crippen molar-refractivity contribution < 1.29 is 96.6 Å². The normalized spacial score (nSPS) is 12.2. The molecule has 0 saturated carbocycles. The van der Waals surface area contributed by atoms with E-state index < -0.39 is 223 Å². The number of nitriles is 8. The van der Waals surface area contributed by atoms with Crippen molar-refractivity contribution in [3.63, 3.8) is 0 Å². The molecule has 0 radical (unpaired) electrons. The van der Waals surface area contributed by atoms with Gasteiger partial charge in [0.1, 0.15) is 41.7 Å². The molecule has 12 aromatic rings. The average molecular weight is 1880 g/mol. The quantitative estimate of drug-likeness (QED) is 0.0806. The van der Waals surface area contributed by atoms with E-state index in [1.165, 1.54) is 73.7 Å². The van der Waals surface area contributed by atoms with Crippen molar-refractivity contribution in [1.29, 1.82) is 42.1 Å². The minimum Gasteiger partial charge on any atom is -0.232 e. The molecular weight excluding hydrogens is 1840 g/mol. The Kier molecular flexibility index (Phi) is 31.4. The molecule has 668 valence electrons. The van der Waals surface area contributed by atoms with E-state index in [1.807, 2.05) is 0 Å². The molecule has 138 heavy (non-hydrogen) atoms. The molecule has 0 fully saturated rings. The molecule has 0 atom stereocenters. The summed E-state index contributed by atoms with van der Waals surface area (Å²) in [5.74, 6) is -34.5. The Labute approximate surface area is 762 Å². The Morgan fingerprint density at radius 2 is 0.529 bits per heavy atom. The van der Waals surface area contributed by atoms with Gasteiger partial charge in [-0.25, -0.2) is 143 Å². The molecule has 0 bridgehead atoms. The summed E-state index contributed by atoms with van der Waals surface area (Å²) < 4.78 is 316. The van der Waals surface area contributed by atoms with E-state index in [2.05, 4.69) is 38.8 Å². The Morgan fingerprint density at radius 1 is 0.261 bits per heavy atom. The molecule has 0 heterocycles. The van der Waals surface area contributed by atoms with Crippen LogP contribution in [-0.4, -0.2) is 0 Å². The molecule has 0 saturated heterocycles. The third kappa shape index (κ3) is 19.5. The zero-order valence-corrected chi connectivity index (χ0v) is 68.9. The highest BCUT2D eigenvalue weighted by molar-refractivity contribution is 5.89. The Balaban J connectivity index is 0.000000206. The molecule has 0 aromatic heterocycles. The predicted octanol–water partition coefficient (Wildman–Crippen LogP) is 21.3. The van der Waals surface area contributed by atoms with E-state index in [1.54, 1.807) is 61.5 Å². The van der Waals surface area contributed by atoms with Gasteiger partial charge in [0.25, 0.3) is 45.5 Å². The lowest BCUT2D eigenvalue weighted by molar-refractivity contribution is -0.137. The van der Waals surface area contributed by atoms with Gasteiger partial charge in [-0.2, -0.15) is 34.2 Å². The molecular formula is C100H34F22N16. The van der Waals surface area contributed by atoms with Crippen LogP contribution in [0.4, 0.5) is 119 Å². The van der Waals surface area contributed by atoms with Crippen LogP contribution in [0.5, 0.6) is 0 Å². The van der Waals surface area contributed by atoms with E-state index in [0.717, 1.165) is 85.3 Å². The third-order valence-corrected chi connectivity index (χ3v) is 19.9. The summed E-state index contributed by atoms with van der Waals surface area (Å²) in [6.45, 7) is 59.8. The van der Waals surface area contributed by atoms with Crippen LogP contribution < -0.4 is 41.7 Å². The van der Waals surface area contributed by atoms with Crippen LogP contribution in [0.15, 0.2) is 152 Å². The lowest BCUT2D eigenvalue weighted by Crippen LogP contribution is -2.19.